The first-order valence-corrected chi connectivity index (χ1v) is 6.44. The zero-order chi connectivity index (χ0) is 13.2. The molecule has 96 valence electrons. The van der Waals surface area contributed by atoms with Crippen molar-refractivity contribution < 1.29 is 4.52 Å². The number of hydrogen-bond acceptors (Lipinski definition) is 3. The second-order valence-corrected chi connectivity index (χ2v) is 5.59. The van der Waals surface area contributed by atoms with Crippen LogP contribution in [0, 0.1) is 0 Å². The van der Waals surface area contributed by atoms with Gasteiger partial charge in [-0.15, -0.1) is 0 Å². The minimum Gasteiger partial charge on any atom is -0.334 e. The summed E-state index contributed by atoms with van der Waals surface area (Å²) in [5.41, 5.74) is 2.46. The van der Waals surface area contributed by atoms with Gasteiger partial charge in [-0.05, 0) is 29.5 Å². The van der Waals surface area contributed by atoms with E-state index in [0.29, 0.717) is 5.89 Å². The predicted octanol–water partition coefficient (Wildman–Crippen LogP) is 3.99. The second-order valence-electron chi connectivity index (χ2n) is 5.59. The number of rotatable bonds is 3. The molecule has 0 amide bonds. The number of hydrogen-bond donors (Lipinski definition) is 0. The first-order valence-electron chi connectivity index (χ1n) is 6.44. The van der Waals surface area contributed by atoms with Crippen molar-refractivity contribution in [3.63, 3.8) is 0 Å². The van der Waals surface area contributed by atoms with Crippen LogP contribution in [0.25, 0.3) is 11.5 Å². The minimum absolute atomic E-state index is 0.167. The van der Waals surface area contributed by atoms with Crippen molar-refractivity contribution in [2.24, 2.45) is 0 Å². The molecule has 0 aliphatic rings. The molecule has 1 aromatic heterocycles. The van der Waals surface area contributed by atoms with Crippen LogP contribution in [0.3, 0.4) is 0 Å². The Balaban J connectivity index is 2.23. The van der Waals surface area contributed by atoms with Crippen LogP contribution in [0.15, 0.2) is 28.8 Å². The minimum atomic E-state index is 0.167. The smallest absolute Gasteiger partial charge is 0.257 e. The average Bonchev–Trinajstić information content (AvgIpc) is 2.77. The fourth-order valence-electron chi connectivity index (χ4n) is 1.81. The van der Waals surface area contributed by atoms with Gasteiger partial charge in [-0.1, -0.05) is 45.0 Å². The van der Waals surface area contributed by atoms with Gasteiger partial charge in [0.05, 0.1) is 0 Å². The molecule has 0 unspecified atom stereocenters. The lowest BCUT2D eigenvalue weighted by atomic mass is 9.87. The molecule has 1 heterocycles. The van der Waals surface area contributed by atoms with Crippen LogP contribution in [-0.4, -0.2) is 10.1 Å². The van der Waals surface area contributed by atoms with Gasteiger partial charge in [-0.25, -0.2) is 0 Å². The molecule has 2 rings (SSSR count). The molecule has 18 heavy (non-hydrogen) atoms. The first kappa shape index (κ1) is 12.8. The molecular formula is C15H20N2O. The molecule has 3 nitrogen and oxygen atoms in total. The summed E-state index contributed by atoms with van der Waals surface area (Å²) in [6.07, 6.45) is 1.89. The van der Waals surface area contributed by atoms with Gasteiger partial charge in [0.15, 0.2) is 5.82 Å². The highest BCUT2D eigenvalue weighted by atomic mass is 16.5. The van der Waals surface area contributed by atoms with E-state index in [1.807, 2.05) is 12.1 Å². The third-order valence-electron chi connectivity index (χ3n) is 2.94. The third-order valence-corrected chi connectivity index (χ3v) is 2.94. The SMILES string of the molecule is CCCc1noc(-c2ccc(C(C)(C)C)cc2)n1. The fraction of sp³-hybridized carbons (Fsp3) is 0.467. The average molecular weight is 244 g/mol. The highest BCUT2D eigenvalue weighted by Gasteiger charge is 2.14. The van der Waals surface area contributed by atoms with E-state index >= 15 is 0 Å². The zero-order valence-electron chi connectivity index (χ0n) is 11.5. The molecule has 0 saturated carbocycles. The molecule has 0 atom stereocenters. The van der Waals surface area contributed by atoms with Crippen molar-refractivity contribution in [1.82, 2.24) is 10.1 Å². The van der Waals surface area contributed by atoms with Crippen LogP contribution in [0.4, 0.5) is 0 Å². The zero-order valence-corrected chi connectivity index (χ0v) is 11.5. The highest BCUT2D eigenvalue weighted by Crippen LogP contribution is 2.25. The third kappa shape index (κ3) is 2.78. The summed E-state index contributed by atoms with van der Waals surface area (Å²) in [5, 5.41) is 3.97. The van der Waals surface area contributed by atoms with E-state index in [0.717, 1.165) is 24.2 Å². The molecule has 2 aromatic rings. The van der Waals surface area contributed by atoms with E-state index in [1.54, 1.807) is 0 Å². The van der Waals surface area contributed by atoms with Crippen molar-refractivity contribution in [1.29, 1.82) is 0 Å². The van der Waals surface area contributed by atoms with Gasteiger partial charge in [0.25, 0.3) is 5.89 Å². The van der Waals surface area contributed by atoms with Gasteiger partial charge in [0.2, 0.25) is 0 Å². The van der Waals surface area contributed by atoms with Crippen molar-refractivity contribution in [3.8, 4) is 11.5 Å². The molecule has 0 bridgehead atoms. The summed E-state index contributed by atoms with van der Waals surface area (Å²) >= 11 is 0. The van der Waals surface area contributed by atoms with E-state index in [-0.39, 0.29) is 5.41 Å². The van der Waals surface area contributed by atoms with Crippen LogP contribution in [0.2, 0.25) is 0 Å². The summed E-state index contributed by atoms with van der Waals surface area (Å²) < 4.78 is 5.27. The monoisotopic (exact) mass is 244 g/mol. The largest absolute Gasteiger partial charge is 0.334 e. The lowest BCUT2D eigenvalue weighted by molar-refractivity contribution is 0.422. The highest BCUT2D eigenvalue weighted by molar-refractivity contribution is 5.53. The number of aromatic nitrogens is 2. The quantitative estimate of drug-likeness (QED) is 0.819. The molecule has 0 radical (unpaired) electrons. The maximum Gasteiger partial charge on any atom is 0.257 e. The van der Waals surface area contributed by atoms with Crippen LogP contribution in [0.1, 0.15) is 45.5 Å². The number of aryl methyl sites for hydroxylation is 1. The summed E-state index contributed by atoms with van der Waals surface area (Å²) in [4.78, 5) is 4.38. The lowest BCUT2D eigenvalue weighted by Gasteiger charge is -2.18. The van der Waals surface area contributed by atoms with Gasteiger partial charge >= 0.3 is 0 Å². The van der Waals surface area contributed by atoms with Gasteiger partial charge in [0.1, 0.15) is 0 Å². The normalized spacial score (nSPS) is 11.8. The maximum atomic E-state index is 5.27. The molecule has 0 N–H and O–H groups in total. The Morgan fingerprint density at radius 2 is 1.78 bits per heavy atom. The Morgan fingerprint density at radius 3 is 2.33 bits per heavy atom. The molecule has 1 aromatic carbocycles. The molecule has 0 aliphatic heterocycles. The summed E-state index contributed by atoms with van der Waals surface area (Å²) in [5.74, 6) is 1.39. The topological polar surface area (TPSA) is 38.9 Å². The molecule has 0 spiro atoms. The van der Waals surface area contributed by atoms with Crippen LogP contribution in [-0.2, 0) is 11.8 Å². The number of nitrogens with zero attached hydrogens (tertiary/aromatic N) is 2. The van der Waals surface area contributed by atoms with Gasteiger partial charge in [-0.3, -0.25) is 0 Å². The Labute approximate surface area is 108 Å². The first-order chi connectivity index (χ1) is 8.50. The van der Waals surface area contributed by atoms with E-state index in [9.17, 15) is 0 Å². The molecule has 0 fully saturated rings. The van der Waals surface area contributed by atoms with Crippen LogP contribution in [0.5, 0.6) is 0 Å². The molecular weight excluding hydrogens is 224 g/mol. The van der Waals surface area contributed by atoms with Gasteiger partial charge in [-0.2, -0.15) is 4.98 Å². The van der Waals surface area contributed by atoms with Crippen LogP contribution < -0.4 is 0 Å². The summed E-state index contributed by atoms with van der Waals surface area (Å²) in [7, 11) is 0. The molecule has 3 heteroatoms. The van der Waals surface area contributed by atoms with E-state index < -0.39 is 0 Å². The van der Waals surface area contributed by atoms with E-state index in [2.05, 4.69) is 50.0 Å². The summed E-state index contributed by atoms with van der Waals surface area (Å²) in [6.45, 7) is 8.71. The van der Waals surface area contributed by atoms with Crippen molar-refractivity contribution in [2.75, 3.05) is 0 Å². The Kier molecular flexibility index (Phi) is 3.50. The standard InChI is InChI=1S/C15H20N2O/c1-5-6-13-16-14(18-17-13)11-7-9-12(10-8-11)15(2,3)4/h7-10H,5-6H2,1-4H3. The lowest BCUT2D eigenvalue weighted by Crippen LogP contribution is -2.10. The Morgan fingerprint density at radius 1 is 1.11 bits per heavy atom. The van der Waals surface area contributed by atoms with Crippen molar-refractivity contribution in [3.05, 3.63) is 35.7 Å². The van der Waals surface area contributed by atoms with Gasteiger partial charge in [0, 0.05) is 12.0 Å². The maximum absolute atomic E-state index is 5.27. The molecule has 0 aliphatic carbocycles. The summed E-state index contributed by atoms with van der Waals surface area (Å²) in [6, 6.07) is 8.34. The van der Waals surface area contributed by atoms with Crippen molar-refractivity contribution >= 4 is 0 Å². The fourth-order valence-corrected chi connectivity index (χ4v) is 1.81. The Hall–Kier alpha value is -1.64. The van der Waals surface area contributed by atoms with E-state index in [1.165, 1.54) is 5.56 Å². The van der Waals surface area contributed by atoms with Crippen molar-refractivity contribution in [2.45, 2.75) is 46.0 Å². The number of benzene rings is 1. The molecule has 0 saturated heterocycles. The van der Waals surface area contributed by atoms with Gasteiger partial charge < -0.3 is 4.52 Å². The second kappa shape index (κ2) is 4.92. The van der Waals surface area contributed by atoms with E-state index in [4.69, 9.17) is 4.52 Å². The van der Waals surface area contributed by atoms with Crippen LogP contribution >= 0.6 is 0 Å². The Bertz CT molecular complexity index is 506. The predicted molar refractivity (Wildman–Crippen MR) is 72.4 cm³/mol.